The van der Waals surface area contributed by atoms with Crippen molar-refractivity contribution in [3.63, 3.8) is 0 Å². The fourth-order valence-electron chi connectivity index (χ4n) is 3.03. The van der Waals surface area contributed by atoms with Crippen LogP contribution in [-0.2, 0) is 9.53 Å². The lowest BCUT2D eigenvalue weighted by atomic mass is 9.77. The SMILES string of the molecule is CCC1CCC(C(=O)C(OC)C2CC2)CC1. The Morgan fingerprint density at radius 1 is 1.19 bits per heavy atom. The van der Waals surface area contributed by atoms with Crippen molar-refractivity contribution < 1.29 is 9.53 Å². The summed E-state index contributed by atoms with van der Waals surface area (Å²) in [6.45, 7) is 2.26. The van der Waals surface area contributed by atoms with E-state index in [-0.39, 0.29) is 6.10 Å². The molecule has 0 amide bonds. The van der Waals surface area contributed by atoms with Crippen molar-refractivity contribution in [3.05, 3.63) is 0 Å². The first-order valence-electron chi connectivity index (χ1n) is 6.82. The molecule has 92 valence electrons. The lowest BCUT2D eigenvalue weighted by Gasteiger charge is -2.29. The minimum absolute atomic E-state index is 0.0804. The average Bonchev–Trinajstić information content (AvgIpc) is 3.14. The standard InChI is InChI=1S/C14H24O2/c1-3-10-4-6-11(7-5-10)13(15)14(16-2)12-8-9-12/h10-12,14H,3-9H2,1-2H3. The minimum Gasteiger partial charge on any atom is -0.373 e. The molecule has 2 aliphatic rings. The van der Waals surface area contributed by atoms with Crippen LogP contribution >= 0.6 is 0 Å². The molecule has 2 rings (SSSR count). The summed E-state index contributed by atoms with van der Waals surface area (Å²) >= 11 is 0. The van der Waals surface area contributed by atoms with Crippen LogP contribution in [0.5, 0.6) is 0 Å². The molecule has 0 aliphatic heterocycles. The van der Waals surface area contributed by atoms with Crippen LogP contribution in [0.15, 0.2) is 0 Å². The summed E-state index contributed by atoms with van der Waals surface area (Å²) in [7, 11) is 1.69. The Balaban J connectivity index is 1.85. The number of ether oxygens (including phenoxy) is 1. The van der Waals surface area contributed by atoms with E-state index in [1.807, 2.05) is 0 Å². The van der Waals surface area contributed by atoms with Crippen molar-refractivity contribution in [3.8, 4) is 0 Å². The fourth-order valence-corrected chi connectivity index (χ4v) is 3.03. The second-order valence-corrected chi connectivity index (χ2v) is 5.52. The van der Waals surface area contributed by atoms with Gasteiger partial charge in [0.1, 0.15) is 6.10 Å². The molecule has 2 nitrogen and oxygen atoms in total. The van der Waals surface area contributed by atoms with Gasteiger partial charge in [0, 0.05) is 13.0 Å². The van der Waals surface area contributed by atoms with Crippen LogP contribution in [0.2, 0.25) is 0 Å². The van der Waals surface area contributed by atoms with E-state index in [1.165, 1.54) is 32.1 Å². The molecule has 0 N–H and O–H groups in total. The molecule has 2 heteroatoms. The molecule has 0 spiro atoms. The van der Waals surface area contributed by atoms with Crippen molar-refractivity contribution in [2.75, 3.05) is 7.11 Å². The highest BCUT2D eigenvalue weighted by Crippen LogP contribution is 2.38. The van der Waals surface area contributed by atoms with Gasteiger partial charge in [-0.25, -0.2) is 0 Å². The molecule has 0 heterocycles. The van der Waals surface area contributed by atoms with Crippen LogP contribution in [0.25, 0.3) is 0 Å². The Labute approximate surface area is 98.7 Å². The maximum Gasteiger partial charge on any atom is 0.164 e. The highest BCUT2D eigenvalue weighted by Gasteiger charge is 2.39. The van der Waals surface area contributed by atoms with E-state index < -0.39 is 0 Å². The normalized spacial score (nSPS) is 32.4. The van der Waals surface area contributed by atoms with Gasteiger partial charge in [0.25, 0.3) is 0 Å². The van der Waals surface area contributed by atoms with Gasteiger partial charge in [-0.05, 0) is 50.4 Å². The maximum atomic E-state index is 12.3. The summed E-state index contributed by atoms with van der Waals surface area (Å²) in [5, 5.41) is 0. The van der Waals surface area contributed by atoms with Gasteiger partial charge in [-0.1, -0.05) is 13.3 Å². The topological polar surface area (TPSA) is 26.3 Å². The van der Waals surface area contributed by atoms with Gasteiger partial charge < -0.3 is 4.74 Å². The number of Topliss-reactive ketones (excluding diaryl/α,β-unsaturated/α-hetero) is 1. The minimum atomic E-state index is -0.0804. The summed E-state index contributed by atoms with van der Waals surface area (Å²) in [5.41, 5.74) is 0. The Kier molecular flexibility index (Phi) is 4.01. The number of hydrogen-bond donors (Lipinski definition) is 0. The van der Waals surface area contributed by atoms with E-state index in [1.54, 1.807) is 7.11 Å². The van der Waals surface area contributed by atoms with Crippen molar-refractivity contribution in [1.29, 1.82) is 0 Å². The van der Waals surface area contributed by atoms with Crippen LogP contribution in [0.4, 0.5) is 0 Å². The molecule has 0 aromatic heterocycles. The Morgan fingerprint density at radius 3 is 2.25 bits per heavy atom. The second kappa shape index (κ2) is 5.31. The van der Waals surface area contributed by atoms with Crippen LogP contribution in [0.1, 0.15) is 51.9 Å². The summed E-state index contributed by atoms with van der Waals surface area (Å²) in [6.07, 6.45) is 8.26. The molecule has 1 unspecified atom stereocenters. The Hall–Kier alpha value is -0.370. The number of methoxy groups -OCH3 is 1. The number of rotatable bonds is 5. The zero-order valence-electron chi connectivity index (χ0n) is 10.6. The summed E-state index contributed by atoms with van der Waals surface area (Å²) < 4.78 is 5.39. The largest absolute Gasteiger partial charge is 0.373 e. The highest BCUT2D eigenvalue weighted by molar-refractivity contribution is 5.86. The molecule has 0 radical (unpaired) electrons. The number of ketones is 1. The predicted molar refractivity (Wildman–Crippen MR) is 64.3 cm³/mol. The van der Waals surface area contributed by atoms with Crippen LogP contribution in [-0.4, -0.2) is 19.0 Å². The van der Waals surface area contributed by atoms with Gasteiger partial charge in [0.05, 0.1) is 0 Å². The zero-order chi connectivity index (χ0) is 11.5. The third-order valence-corrected chi connectivity index (χ3v) is 4.41. The molecule has 2 saturated carbocycles. The lowest BCUT2D eigenvalue weighted by molar-refractivity contribution is -0.135. The first-order valence-corrected chi connectivity index (χ1v) is 6.82. The predicted octanol–water partition coefficient (Wildman–Crippen LogP) is 3.20. The number of carbonyl (C=O) groups excluding carboxylic acids is 1. The van der Waals surface area contributed by atoms with E-state index in [0.29, 0.717) is 17.6 Å². The van der Waals surface area contributed by atoms with E-state index in [2.05, 4.69) is 6.92 Å². The smallest absolute Gasteiger partial charge is 0.164 e. The first-order chi connectivity index (χ1) is 7.76. The van der Waals surface area contributed by atoms with Crippen molar-refractivity contribution in [2.24, 2.45) is 17.8 Å². The summed E-state index contributed by atoms with van der Waals surface area (Å²) in [6, 6.07) is 0. The third-order valence-electron chi connectivity index (χ3n) is 4.41. The van der Waals surface area contributed by atoms with Gasteiger partial charge >= 0.3 is 0 Å². The number of hydrogen-bond acceptors (Lipinski definition) is 2. The first kappa shape index (κ1) is 12.1. The van der Waals surface area contributed by atoms with E-state index in [4.69, 9.17) is 4.74 Å². The van der Waals surface area contributed by atoms with Gasteiger partial charge in [-0.2, -0.15) is 0 Å². The molecule has 0 aromatic rings. The van der Waals surface area contributed by atoms with Gasteiger partial charge in [0.15, 0.2) is 5.78 Å². The lowest BCUT2D eigenvalue weighted by Crippen LogP contribution is -2.33. The molecule has 1 atom stereocenters. The van der Waals surface area contributed by atoms with E-state index in [0.717, 1.165) is 18.8 Å². The number of carbonyl (C=O) groups is 1. The van der Waals surface area contributed by atoms with Crippen molar-refractivity contribution >= 4 is 5.78 Å². The molecule has 16 heavy (non-hydrogen) atoms. The molecule has 0 saturated heterocycles. The monoisotopic (exact) mass is 224 g/mol. The van der Waals surface area contributed by atoms with Gasteiger partial charge in [0.2, 0.25) is 0 Å². The quantitative estimate of drug-likeness (QED) is 0.717. The zero-order valence-corrected chi connectivity index (χ0v) is 10.6. The van der Waals surface area contributed by atoms with Crippen molar-refractivity contribution in [2.45, 2.75) is 58.0 Å². The van der Waals surface area contributed by atoms with E-state index in [9.17, 15) is 4.79 Å². The molecular weight excluding hydrogens is 200 g/mol. The summed E-state index contributed by atoms with van der Waals surface area (Å²) in [4.78, 5) is 12.3. The Morgan fingerprint density at radius 2 is 1.81 bits per heavy atom. The fraction of sp³-hybridized carbons (Fsp3) is 0.929. The molecule has 0 bridgehead atoms. The summed E-state index contributed by atoms with van der Waals surface area (Å²) in [5.74, 6) is 2.11. The van der Waals surface area contributed by atoms with E-state index >= 15 is 0 Å². The average molecular weight is 224 g/mol. The Bertz CT molecular complexity index is 237. The maximum absolute atomic E-state index is 12.3. The highest BCUT2D eigenvalue weighted by atomic mass is 16.5. The molecule has 2 aliphatic carbocycles. The van der Waals surface area contributed by atoms with Crippen molar-refractivity contribution in [1.82, 2.24) is 0 Å². The molecular formula is C14H24O2. The van der Waals surface area contributed by atoms with Gasteiger partial charge in [-0.15, -0.1) is 0 Å². The molecule has 0 aromatic carbocycles. The van der Waals surface area contributed by atoms with Crippen LogP contribution in [0.3, 0.4) is 0 Å². The molecule has 2 fully saturated rings. The van der Waals surface area contributed by atoms with Crippen LogP contribution in [0, 0.1) is 17.8 Å². The third kappa shape index (κ3) is 2.65. The van der Waals surface area contributed by atoms with Gasteiger partial charge in [-0.3, -0.25) is 4.79 Å². The van der Waals surface area contributed by atoms with Crippen LogP contribution < -0.4 is 0 Å². The second-order valence-electron chi connectivity index (χ2n) is 5.52.